The molecule has 1 unspecified atom stereocenters. The van der Waals surface area contributed by atoms with E-state index in [2.05, 4.69) is 15.4 Å². The molecule has 7 nitrogen and oxygen atoms in total. The molecule has 1 aliphatic heterocycles. The van der Waals surface area contributed by atoms with Gasteiger partial charge < -0.3 is 10.1 Å². The Kier molecular flexibility index (Phi) is 5.06. The molecule has 1 amide bonds. The molecule has 0 bridgehead atoms. The van der Waals surface area contributed by atoms with Crippen molar-refractivity contribution in [2.45, 2.75) is 39.3 Å². The maximum atomic E-state index is 12.0. The van der Waals surface area contributed by atoms with E-state index in [1.807, 2.05) is 13.8 Å². The predicted octanol–water partition coefficient (Wildman–Crippen LogP) is 1.28. The number of rotatable bonds is 5. The minimum atomic E-state index is -0.358. The number of carbonyl (C=O) groups is 1. The molecule has 0 radical (unpaired) electrons. The highest BCUT2D eigenvalue weighted by atomic mass is 32.1. The molecule has 24 heavy (non-hydrogen) atoms. The molecule has 1 atom stereocenters. The Morgan fingerprint density at radius 3 is 2.96 bits per heavy atom. The van der Waals surface area contributed by atoms with Crippen molar-refractivity contribution in [3.05, 3.63) is 33.2 Å². The number of aryl methyl sites for hydroxylation is 2. The van der Waals surface area contributed by atoms with Crippen LogP contribution in [0.4, 0.5) is 0 Å². The number of thiazole rings is 1. The lowest BCUT2D eigenvalue weighted by molar-refractivity contribution is -0.130. The van der Waals surface area contributed by atoms with Crippen LogP contribution in [0.1, 0.15) is 23.5 Å². The average Bonchev–Trinajstić information content (AvgIpc) is 3.19. The van der Waals surface area contributed by atoms with Crippen molar-refractivity contribution in [3.63, 3.8) is 0 Å². The number of aromatic nitrogens is 3. The zero-order valence-electron chi connectivity index (χ0n) is 13.7. The van der Waals surface area contributed by atoms with Crippen LogP contribution in [0.2, 0.25) is 0 Å². The van der Waals surface area contributed by atoms with Gasteiger partial charge in [-0.25, -0.2) is 9.67 Å². The molecule has 1 aliphatic rings. The van der Waals surface area contributed by atoms with Crippen LogP contribution < -0.4 is 10.9 Å². The molecule has 0 aromatic carbocycles. The molecule has 2 aromatic rings. The van der Waals surface area contributed by atoms with Gasteiger partial charge in [-0.15, -0.1) is 11.3 Å². The lowest BCUT2D eigenvalue weighted by Gasteiger charge is -2.11. The van der Waals surface area contributed by atoms with Gasteiger partial charge in [0.1, 0.15) is 11.8 Å². The smallest absolute Gasteiger partial charge is 0.266 e. The summed E-state index contributed by atoms with van der Waals surface area (Å²) in [4.78, 5) is 29.2. The maximum absolute atomic E-state index is 12.0. The van der Waals surface area contributed by atoms with Gasteiger partial charge in [0.05, 0.1) is 22.1 Å². The topological polar surface area (TPSA) is 86.1 Å². The van der Waals surface area contributed by atoms with Crippen molar-refractivity contribution in [1.29, 1.82) is 0 Å². The van der Waals surface area contributed by atoms with Gasteiger partial charge in [0.15, 0.2) is 0 Å². The van der Waals surface area contributed by atoms with Crippen LogP contribution in [0.5, 0.6) is 0 Å². The third-order valence-corrected chi connectivity index (χ3v) is 4.94. The van der Waals surface area contributed by atoms with Gasteiger partial charge in [0.2, 0.25) is 5.91 Å². The summed E-state index contributed by atoms with van der Waals surface area (Å²) in [7, 11) is 0. The average molecular weight is 348 g/mol. The SMILES string of the molecule is Cc1nc(C)c(-c2ccc(=O)n(CCNC(=O)C3CCCO3)n2)s1. The first kappa shape index (κ1) is 16.8. The van der Waals surface area contributed by atoms with E-state index < -0.39 is 0 Å². The molecule has 0 aliphatic carbocycles. The van der Waals surface area contributed by atoms with E-state index in [9.17, 15) is 9.59 Å². The Balaban J connectivity index is 1.67. The van der Waals surface area contributed by atoms with Crippen LogP contribution >= 0.6 is 11.3 Å². The van der Waals surface area contributed by atoms with Crippen molar-refractivity contribution < 1.29 is 9.53 Å². The van der Waals surface area contributed by atoms with E-state index in [-0.39, 0.29) is 17.6 Å². The summed E-state index contributed by atoms with van der Waals surface area (Å²) in [6, 6.07) is 3.21. The Bertz CT molecular complexity index is 793. The lowest BCUT2D eigenvalue weighted by Crippen LogP contribution is -2.37. The molecular formula is C16H20N4O3S. The van der Waals surface area contributed by atoms with Crippen molar-refractivity contribution in [2.75, 3.05) is 13.2 Å². The molecule has 3 rings (SSSR count). The lowest BCUT2D eigenvalue weighted by atomic mass is 10.2. The quantitative estimate of drug-likeness (QED) is 0.880. The molecule has 2 aromatic heterocycles. The monoisotopic (exact) mass is 348 g/mol. The van der Waals surface area contributed by atoms with Gasteiger partial charge in [-0.1, -0.05) is 0 Å². The second-order valence-corrected chi connectivity index (χ2v) is 6.92. The van der Waals surface area contributed by atoms with Crippen molar-refractivity contribution >= 4 is 17.2 Å². The van der Waals surface area contributed by atoms with Crippen LogP contribution in [-0.2, 0) is 16.1 Å². The molecule has 0 saturated carbocycles. The number of hydrogen-bond acceptors (Lipinski definition) is 6. The van der Waals surface area contributed by atoms with Crippen molar-refractivity contribution in [1.82, 2.24) is 20.1 Å². The van der Waals surface area contributed by atoms with Gasteiger partial charge in [-0.05, 0) is 32.8 Å². The summed E-state index contributed by atoms with van der Waals surface area (Å²) in [5, 5.41) is 8.17. The Labute approximate surface area is 143 Å². The van der Waals surface area contributed by atoms with Crippen LogP contribution in [-0.4, -0.2) is 39.9 Å². The Morgan fingerprint density at radius 2 is 2.29 bits per heavy atom. The fourth-order valence-corrected chi connectivity index (χ4v) is 3.57. The summed E-state index contributed by atoms with van der Waals surface area (Å²) in [6.45, 7) is 5.17. The maximum Gasteiger partial charge on any atom is 0.266 e. The fraction of sp³-hybridized carbons (Fsp3) is 0.500. The molecular weight excluding hydrogens is 328 g/mol. The highest BCUT2D eigenvalue weighted by molar-refractivity contribution is 7.15. The summed E-state index contributed by atoms with van der Waals surface area (Å²) < 4.78 is 6.71. The van der Waals surface area contributed by atoms with Gasteiger partial charge >= 0.3 is 0 Å². The Morgan fingerprint density at radius 1 is 1.46 bits per heavy atom. The third-order valence-electron chi connectivity index (χ3n) is 3.85. The number of hydrogen-bond donors (Lipinski definition) is 1. The van der Waals surface area contributed by atoms with Crippen LogP contribution in [0.25, 0.3) is 10.6 Å². The number of amides is 1. The van der Waals surface area contributed by atoms with Gasteiger partial charge in [-0.3, -0.25) is 9.59 Å². The largest absolute Gasteiger partial charge is 0.368 e. The molecule has 3 heterocycles. The first-order chi connectivity index (χ1) is 11.5. The minimum absolute atomic E-state index is 0.120. The van der Waals surface area contributed by atoms with E-state index in [0.29, 0.717) is 19.7 Å². The normalized spacial score (nSPS) is 17.2. The summed E-state index contributed by atoms with van der Waals surface area (Å²) >= 11 is 1.55. The number of nitrogens with one attached hydrogen (secondary N) is 1. The summed E-state index contributed by atoms with van der Waals surface area (Å²) in [5.41, 5.74) is 1.44. The predicted molar refractivity (Wildman–Crippen MR) is 91.1 cm³/mol. The second kappa shape index (κ2) is 7.23. The van der Waals surface area contributed by atoms with E-state index >= 15 is 0 Å². The van der Waals surface area contributed by atoms with Gasteiger partial charge in [0, 0.05) is 19.2 Å². The first-order valence-corrected chi connectivity index (χ1v) is 8.78. The Hall–Kier alpha value is -2.06. The molecule has 0 spiro atoms. The number of carbonyl (C=O) groups excluding carboxylic acids is 1. The third kappa shape index (κ3) is 3.70. The van der Waals surface area contributed by atoms with E-state index in [1.165, 1.54) is 10.7 Å². The molecule has 1 fully saturated rings. The summed E-state index contributed by atoms with van der Waals surface area (Å²) in [5.74, 6) is -0.120. The zero-order chi connectivity index (χ0) is 17.1. The molecule has 1 saturated heterocycles. The fourth-order valence-electron chi connectivity index (χ4n) is 2.68. The van der Waals surface area contributed by atoms with E-state index in [0.717, 1.165) is 34.1 Å². The number of nitrogens with zero attached hydrogens (tertiary/aromatic N) is 3. The van der Waals surface area contributed by atoms with Crippen LogP contribution in [0.3, 0.4) is 0 Å². The van der Waals surface area contributed by atoms with Gasteiger partial charge in [0.25, 0.3) is 5.56 Å². The highest BCUT2D eigenvalue weighted by Crippen LogP contribution is 2.27. The highest BCUT2D eigenvalue weighted by Gasteiger charge is 2.22. The zero-order valence-corrected chi connectivity index (χ0v) is 14.6. The minimum Gasteiger partial charge on any atom is -0.368 e. The van der Waals surface area contributed by atoms with Crippen LogP contribution in [0.15, 0.2) is 16.9 Å². The van der Waals surface area contributed by atoms with Gasteiger partial charge in [-0.2, -0.15) is 5.10 Å². The second-order valence-electron chi connectivity index (χ2n) is 5.72. The van der Waals surface area contributed by atoms with E-state index in [1.54, 1.807) is 17.4 Å². The first-order valence-electron chi connectivity index (χ1n) is 7.96. The van der Waals surface area contributed by atoms with Crippen LogP contribution in [0, 0.1) is 13.8 Å². The molecule has 128 valence electrons. The van der Waals surface area contributed by atoms with Crippen molar-refractivity contribution in [3.8, 4) is 10.6 Å². The summed E-state index contributed by atoms with van der Waals surface area (Å²) in [6.07, 6.45) is 1.31. The standard InChI is InChI=1S/C16H20N4O3S/c1-10-15(24-11(2)18-10)12-5-6-14(21)20(19-12)8-7-17-16(22)13-4-3-9-23-13/h5-6,13H,3-4,7-9H2,1-2H3,(H,17,22). The van der Waals surface area contributed by atoms with E-state index in [4.69, 9.17) is 4.74 Å². The van der Waals surface area contributed by atoms with Crippen molar-refractivity contribution in [2.24, 2.45) is 0 Å². The molecule has 1 N–H and O–H groups in total. The number of ether oxygens (including phenoxy) is 1. The molecule has 8 heteroatoms.